The number of allylic oxidation sites excluding steroid dienone is 2. The molecule has 1 aromatic rings. The second-order valence-corrected chi connectivity index (χ2v) is 6.45. The molecule has 2 aliphatic rings. The van der Waals surface area contributed by atoms with Gasteiger partial charge in [-0.1, -0.05) is 42.5 Å². The Morgan fingerprint density at radius 1 is 1.27 bits per heavy atom. The maximum Gasteiger partial charge on any atom is 0.413 e. The molecule has 2 N–H and O–H groups in total. The zero-order valence-electron chi connectivity index (χ0n) is 13.6. The predicted octanol–water partition coefficient (Wildman–Crippen LogP) is 4.16. The number of halogens is 3. The van der Waals surface area contributed by atoms with E-state index in [0.29, 0.717) is 5.75 Å². The van der Waals surface area contributed by atoms with Crippen LogP contribution in [-0.4, -0.2) is 18.1 Å². The van der Waals surface area contributed by atoms with Crippen LogP contribution >= 0.6 is 12.0 Å². The monoisotopic (exact) mass is 383 g/mol. The Bertz CT molecular complexity index is 785. The van der Waals surface area contributed by atoms with Crippen LogP contribution in [0.15, 0.2) is 65.3 Å². The van der Waals surface area contributed by atoms with Gasteiger partial charge in [0.2, 0.25) is 17.4 Å². The Balaban J connectivity index is 1.71. The van der Waals surface area contributed by atoms with Crippen molar-refractivity contribution in [1.29, 1.82) is 0 Å². The molecule has 3 rings (SSSR count). The molecular formula is C18H16F3NO3S. The number of nitrogens with two attached hydrogens (primary N) is 1. The molecule has 1 aliphatic heterocycles. The molecule has 0 saturated carbocycles. The Labute approximate surface area is 152 Å². The standard InChI is InChI=1S/C18H16F3NO3S/c19-18(20,21)13-9-5-4-8-12(13)15-14(23)16(17(22)24-15)25-26-10-11-6-2-1-3-7-11/h1-4,6-8,15H,5,9-10,22H2. The van der Waals surface area contributed by atoms with E-state index >= 15 is 0 Å². The van der Waals surface area contributed by atoms with Crippen LogP contribution in [0.1, 0.15) is 18.4 Å². The number of benzene rings is 1. The molecule has 1 heterocycles. The van der Waals surface area contributed by atoms with Gasteiger partial charge in [0.25, 0.3) is 0 Å². The van der Waals surface area contributed by atoms with Crippen molar-refractivity contribution in [3.05, 3.63) is 70.8 Å². The predicted molar refractivity (Wildman–Crippen MR) is 91.4 cm³/mol. The third-order valence-corrected chi connectivity index (χ3v) is 4.71. The Hall–Kier alpha value is -2.35. The topological polar surface area (TPSA) is 61.5 Å². The van der Waals surface area contributed by atoms with Crippen molar-refractivity contribution >= 4 is 17.8 Å². The van der Waals surface area contributed by atoms with Crippen LogP contribution in [0.25, 0.3) is 0 Å². The van der Waals surface area contributed by atoms with Crippen molar-refractivity contribution in [3.8, 4) is 0 Å². The van der Waals surface area contributed by atoms with E-state index in [1.807, 2.05) is 30.3 Å². The quantitative estimate of drug-likeness (QED) is 0.774. The van der Waals surface area contributed by atoms with Crippen molar-refractivity contribution in [2.24, 2.45) is 5.73 Å². The van der Waals surface area contributed by atoms with Gasteiger partial charge < -0.3 is 14.7 Å². The zero-order chi connectivity index (χ0) is 18.7. The number of Topliss-reactive ketones (excluding diaryl/α,β-unsaturated/α-hetero) is 1. The van der Waals surface area contributed by atoms with Gasteiger partial charge in [-0.25, -0.2) is 0 Å². The fraction of sp³-hybridized carbons (Fsp3) is 0.278. The molecule has 4 nitrogen and oxygen atoms in total. The lowest BCUT2D eigenvalue weighted by Crippen LogP contribution is -2.27. The van der Waals surface area contributed by atoms with E-state index < -0.39 is 23.6 Å². The van der Waals surface area contributed by atoms with Gasteiger partial charge in [0, 0.05) is 11.1 Å². The first-order valence-electron chi connectivity index (χ1n) is 7.88. The molecule has 1 aliphatic carbocycles. The zero-order valence-corrected chi connectivity index (χ0v) is 14.4. The molecule has 0 bridgehead atoms. The molecule has 0 radical (unpaired) electrons. The van der Waals surface area contributed by atoms with Crippen LogP contribution in [-0.2, 0) is 19.5 Å². The summed E-state index contributed by atoms with van der Waals surface area (Å²) in [6.07, 6.45) is -3.01. The minimum absolute atomic E-state index is 0.193. The third-order valence-electron chi connectivity index (χ3n) is 3.97. The molecular weight excluding hydrogens is 367 g/mol. The van der Waals surface area contributed by atoms with Gasteiger partial charge >= 0.3 is 6.18 Å². The summed E-state index contributed by atoms with van der Waals surface area (Å²) < 4.78 is 50.2. The average Bonchev–Trinajstić information content (AvgIpc) is 2.90. The van der Waals surface area contributed by atoms with E-state index in [4.69, 9.17) is 14.7 Å². The molecule has 1 aromatic carbocycles. The molecule has 0 fully saturated rings. The number of hydrogen-bond donors (Lipinski definition) is 1. The first-order chi connectivity index (χ1) is 12.4. The van der Waals surface area contributed by atoms with E-state index in [0.717, 1.165) is 17.6 Å². The Morgan fingerprint density at radius 2 is 2.00 bits per heavy atom. The highest BCUT2D eigenvalue weighted by atomic mass is 32.2. The van der Waals surface area contributed by atoms with Gasteiger partial charge in [-0.2, -0.15) is 13.2 Å². The second kappa shape index (κ2) is 7.49. The number of carbonyl (C=O) groups is 1. The van der Waals surface area contributed by atoms with Crippen LogP contribution in [0.4, 0.5) is 13.2 Å². The summed E-state index contributed by atoms with van der Waals surface area (Å²) in [5.74, 6) is -0.796. The van der Waals surface area contributed by atoms with Crippen molar-refractivity contribution in [2.75, 3.05) is 0 Å². The highest BCUT2D eigenvalue weighted by Gasteiger charge is 2.44. The molecule has 0 aromatic heterocycles. The number of rotatable bonds is 5. The van der Waals surface area contributed by atoms with Crippen LogP contribution in [0.5, 0.6) is 0 Å². The lowest BCUT2D eigenvalue weighted by Gasteiger charge is -2.21. The van der Waals surface area contributed by atoms with Crippen molar-refractivity contribution in [3.63, 3.8) is 0 Å². The number of hydrogen-bond acceptors (Lipinski definition) is 5. The molecule has 0 saturated heterocycles. The molecule has 1 unspecified atom stereocenters. The number of carbonyl (C=O) groups excluding carboxylic acids is 1. The minimum Gasteiger partial charge on any atom is -0.460 e. The summed E-state index contributed by atoms with van der Waals surface area (Å²) in [4.78, 5) is 12.5. The third kappa shape index (κ3) is 3.90. The Morgan fingerprint density at radius 3 is 2.69 bits per heavy atom. The summed E-state index contributed by atoms with van der Waals surface area (Å²) in [6.45, 7) is 0. The summed E-state index contributed by atoms with van der Waals surface area (Å²) in [5, 5.41) is 0. The largest absolute Gasteiger partial charge is 0.460 e. The summed E-state index contributed by atoms with van der Waals surface area (Å²) in [5.41, 5.74) is 5.67. The smallest absolute Gasteiger partial charge is 0.413 e. The Kier molecular flexibility index (Phi) is 5.31. The first-order valence-corrected chi connectivity index (χ1v) is 8.80. The summed E-state index contributed by atoms with van der Waals surface area (Å²) in [6, 6.07) is 9.38. The highest BCUT2D eigenvalue weighted by molar-refractivity contribution is 7.94. The van der Waals surface area contributed by atoms with E-state index in [-0.39, 0.29) is 30.1 Å². The lowest BCUT2D eigenvalue weighted by atomic mass is 9.92. The molecule has 0 spiro atoms. The summed E-state index contributed by atoms with van der Waals surface area (Å²) >= 11 is 0.971. The summed E-state index contributed by atoms with van der Waals surface area (Å²) in [7, 11) is 0. The van der Waals surface area contributed by atoms with E-state index in [1.54, 1.807) is 6.08 Å². The number of alkyl halides is 3. The molecule has 138 valence electrons. The van der Waals surface area contributed by atoms with Crippen LogP contribution in [0.3, 0.4) is 0 Å². The first kappa shape index (κ1) is 18.4. The normalized spacial score (nSPS) is 20.6. The van der Waals surface area contributed by atoms with Crippen LogP contribution in [0.2, 0.25) is 0 Å². The van der Waals surface area contributed by atoms with Gasteiger partial charge in [0.05, 0.1) is 17.8 Å². The van der Waals surface area contributed by atoms with Gasteiger partial charge in [-0.05, 0) is 18.4 Å². The number of ketones is 1. The van der Waals surface area contributed by atoms with Gasteiger partial charge in [0.1, 0.15) is 0 Å². The molecule has 26 heavy (non-hydrogen) atoms. The van der Waals surface area contributed by atoms with E-state index in [1.165, 1.54) is 6.08 Å². The minimum atomic E-state index is -4.52. The number of ether oxygens (including phenoxy) is 1. The molecule has 1 atom stereocenters. The van der Waals surface area contributed by atoms with E-state index in [9.17, 15) is 18.0 Å². The average molecular weight is 383 g/mol. The van der Waals surface area contributed by atoms with Crippen molar-refractivity contribution in [2.45, 2.75) is 30.9 Å². The van der Waals surface area contributed by atoms with Gasteiger partial charge in [-0.15, -0.1) is 0 Å². The molecule has 0 amide bonds. The van der Waals surface area contributed by atoms with Gasteiger partial charge in [0.15, 0.2) is 6.10 Å². The fourth-order valence-corrected chi connectivity index (χ4v) is 3.40. The fourth-order valence-electron chi connectivity index (χ4n) is 2.73. The van der Waals surface area contributed by atoms with Crippen molar-refractivity contribution in [1.82, 2.24) is 0 Å². The highest BCUT2D eigenvalue weighted by Crippen LogP contribution is 2.39. The lowest BCUT2D eigenvalue weighted by molar-refractivity contribution is -0.121. The van der Waals surface area contributed by atoms with Crippen LogP contribution < -0.4 is 5.73 Å². The molecule has 8 heteroatoms. The van der Waals surface area contributed by atoms with Crippen molar-refractivity contribution < 1.29 is 26.9 Å². The second-order valence-electron chi connectivity index (χ2n) is 5.76. The maximum atomic E-state index is 13.2. The van der Waals surface area contributed by atoms with Crippen LogP contribution in [0, 0.1) is 0 Å². The SMILES string of the molecule is NC1=C(OSCc2ccccc2)C(=O)C(C2=C(C(F)(F)F)CCC=C2)O1. The maximum absolute atomic E-state index is 13.2. The van der Waals surface area contributed by atoms with Gasteiger partial charge in [-0.3, -0.25) is 4.79 Å². The van der Waals surface area contributed by atoms with E-state index in [2.05, 4.69) is 0 Å².